The highest BCUT2D eigenvalue weighted by molar-refractivity contribution is 8.00. The van der Waals surface area contributed by atoms with Crippen molar-refractivity contribution in [3.63, 3.8) is 0 Å². The fourth-order valence-electron chi connectivity index (χ4n) is 1.38. The summed E-state index contributed by atoms with van der Waals surface area (Å²) in [6, 6.07) is 2.22. The Balaban J connectivity index is 3.05. The lowest BCUT2D eigenvalue weighted by Crippen LogP contribution is -2.03. The van der Waals surface area contributed by atoms with Crippen molar-refractivity contribution in [2.75, 3.05) is 0 Å². The molecule has 8 heteroatoms. The third kappa shape index (κ3) is 5.01. The molecule has 0 atom stereocenters. The van der Waals surface area contributed by atoms with Gasteiger partial charge in [0.2, 0.25) is 0 Å². The van der Waals surface area contributed by atoms with Gasteiger partial charge in [-0.2, -0.15) is 26.3 Å². The summed E-state index contributed by atoms with van der Waals surface area (Å²) >= 11 is -0.645. The molecule has 0 nitrogen and oxygen atoms in total. The first-order chi connectivity index (χ1) is 7.98. The van der Waals surface area contributed by atoms with Gasteiger partial charge in [-0.3, -0.25) is 0 Å². The van der Waals surface area contributed by atoms with Crippen LogP contribution in [0.4, 0.5) is 26.3 Å². The summed E-state index contributed by atoms with van der Waals surface area (Å²) in [5.74, 6) is 0. The van der Waals surface area contributed by atoms with Crippen molar-refractivity contribution < 1.29 is 26.3 Å². The lowest BCUT2D eigenvalue weighted by atomic mass is 10.1. The fraction of sp³-hybridized carbons (Fsp3) is 0.400. The van der Waals surface area contributed by atoms with Crippen LogP contribution in [0.5, 0.6) is 0 Å². The molecule has 0 aliphatic carbocycles. The van der Waals surface area contributed by atoms with E-state index in [2.05, 4.69) is 0 Å². The van der Waals surface area contributed by atoms with Crippen LogP contribution in [0, 0.1) is 13.8 Å². The van der Waals surface area contributed by atoms with Gasteiger partial charge in [-0.15, -0.1) is 0 Å². The zero-order valence-electron chi connectivity index (χ0n) is 9.24. The maximum atomic E-state index is 12.3. The fourth-order valence-corrected chi connectivity index (χ4v) is 2.79. The minimum atomic E-state index is -4.45. The van der Waals surface area contributed by atoms with Crippen LogP contribution < -0.4 is 0 Å². The maximum absolute atomic E-state index is 12.3. The van der Waals surface area contributed by atoms with E-state index in [1.54, 1.807) is 0 Å². The molecule has 0 aromatic heterocycles. The zero-order chi connectivity index (χ0) is 14.1. The van der Waals surface area contributed by atoms with E-state index in [1.807, 2.05) is 0 Å². The third-order valence-electron chi connectivity index (χ3n) is 1.89. The SMILES string of the molecule is Cc1cc(SC(F)(F)F)cc(C)c1SC(F)(F)F. The first-order valence-corrected chi connectivity index (χ1v) is 6.24. The molecule has 102 valence electrons. The Morgan fingerprint density at radius 2 is 1.17 bits per heavy atom. The first kappa shape index (κ1) is 15.6. The van der Waals surface area contributed by atoms with E-state index in [4.69, 9.17) is 0 Å². The van der Waals surface area contributed by atoms with Gasteiger partial charge in [0, 0.05) is 9.79 Å². The highest BCUT2D eigenvalue weighted by atomic mass is 32.2. The number of hydrogen-bond acceptors (Lipinski definition) is 2. The second kappa shape index (κ2) is 5.24. The van der Waals surface area contributed by atoms with Crippen molar-refractivity contribution in [1.29, 1.82) is 0 Å². The van der Waals surface area contributed by atoms with E-state index in [0.717, 1.165) is 12.1 Å². The predicted octanol–water partition coefficient (Wildman–Crippen LogP) is 5.53. The summed E-state index contributed by atoms with van der Waals surface area (Å²) < 4.78 is 73.2. The van der Waals surface area contributed by atoms with Gasteiger partial charge in [0.15, 0.2) is 0 Å². The average Bonchev–Trinajstić information content (AvgIpc) is 2.07. The molecule has 0 radical (unpaired) electrons. The third-order valence-corrected chi connectivity index (χ3v) is 3.67. The normalized spacial score (nSPS) is 12.9. The number of rotatable bonds is 2. The Morgan fingerprint density at radius 3 is 1.50 bits per heavy atom. The van der Waals surface area contributed by atoms with Gasteiger partial charge in [0.05, 0.1) is 0 Å². The van der Waals surface area contributed by atoms with E-state index < -0.39 is 11.0 Å². The second-order valence-corrected chi connectivity index (χ2v) is 5.70. The van der Waals surface area contributed by atoms with Crippen molar-refractivity contribution in [2.45, 2.75) is 34.7 Å². The van der Waals surface area contributed by atoms with Gasteiger partial charge in [-0.25, -0.2) is 0 Å². The molecule has 0 saturated heterocycles. The molecular formula is C10H8F6S2. The highest BCUT2D eigenvalue weighted by Crippen LogP contribution is 2.43. The molecule has 18 heavy (non-hydrogen) atoms. The van der Waals surface area contributed by atoms with Crippen LogP contribution in [0.2, 0.25) is 0 Å². The van der Waals surface area contributed by atoms with E-state index in [0.29, 0.717) is 0 Å². The van der Waals surface area contributed by atoms with Crippen LogP contribution in [-0.2, 0) is 0 Å². The molecular weight excluding hydrogens is 298 g/mol. The molecule has 0 unspecified atom stereocenters. The molecule has 0 saturated carbocycles. The van der Waals surface area contributed by atoms with Crippen LogP contribution in [0.15, 0.2) is 21.9 Å². The van der Waals surface area contributed by atoms with Gasteiger partial charge in [0.1, 0.15) is 0 Å². The number of halogens is 6. The molecule has 0 aliphatic rings. The van der Waals surface area contributed by atoms with Gasteiger partial charge in [-0.1, -0.05) is 0 Å². The summed E-state index contributed by atoms with van der Waals surface area (Å²) in [6.07, 6.45) is 0. The van der Waals surface area contributed by atoms with Crippen LogP contribution >= 0.6 is 23.5 Å². The molecule has 1 aromatic carbocycles. The van der Waals surface area contributed by atoms with Crippen molar-refractivity contribution in [3.05, 3.63) is 23.3 Å². The minimum Gasteiger partial charge on any atom is -0.160 e. The number of benzene rings is 1. The molecule has 0 amide bonds. The Kier molecular flexibility index (Phi) is 4.53. The van der Waals surface area contributed by atoms with Crippen molar-refractivity contribution >= 4 is 23.5 Å². The summed E-state index contributed by atoms with van der Waals surface area (Å²) in [6.45, 7) is 2.73. The summed E-state index contributed by atoms with van der Waals surface area (Å²) in [5, 5.41) is 0. The van der Waals surface area contributed by atoms with Gasteiger partial charge >= 0.3 is 11.0 Å². The highest BCUT2D eigenvalue weighted by Gasteiger charge is 2.32. The van der Waals surface area contributed by atoms with Crippen molar-refractivity contribution in [1.82, 2.24) is 0 Å². The smallest absolute Gasteiger partial charge is 0.160 e. The minimum absolute atomic E-state index is 0.0472. The Hall–Kier alpha value is -0.500. The van der Waals surface area contributed by atoms with Gasteiger partial charge in [-0.05, 0) is 60.6 Å². The zero-order valence-corrected chi connectivity index (χ0v) is 10.9. The molecule has 1 aromatic rings. The molecule has 0 bridgehead atoms. The lowest BCUT2D eigenvalue weighted by Gasteiger charge is -2.14. The molecule has 0 N–H and O–H groups in total. The molecule has 0 aliphatic heterocycles. The first-order valence-electron chi connectivity index (χ1n) is 4.61. The number of hydrogen-bond donors (Lipinski definition) is 0. The number of thioether (sulfide) groups is 2. The quantitative estimate of drug-likeness (QED) is 0.520. The van der Waals surface area contributed by atoms with Crippen LogP contribution in [0.25, 0.3) is 0 Å². The van der Waals surface area contributed by atoms with E-state index >= 15 is 0 Å². The van der Waals surface area contributed by atoms with Gasteiger partial charge < -0.3 is 0 Å². The number of alkyl halides is 6. The van der Waals surface area contributed by atoms with Crippen LogP contribution in [0.3, 0.4) is 0 Å². The summed E-state index contributed by atoms with van der Waals surface area (Å²) in [7, 11) is 0. The predicted molar refractivity (Wildman–Crippen MR) is 59.7 cm³/mol. The maximum Gasteiger partial charge on any atom is 0.446 e. The van der Waals surface area contributed by atoms with E-state index in [-0.39, 0.29) is 44.4 Å². The molecule has 0 fully saturated rings. The number of aryl methyl sites for hydroxylation is 2. The lowest BCUT2D eigenvalue weighted by molar-refractivity contribution is -0.0338. The van der Waals surface area contributed by atoms with Crippen molar-refractivity contribution in [3.8, 4) is 0 Å². The molecule has 0 spiro atoms. The monoisotopic (exact) mass is 306 g/mol. The average molecular weight is 306 g/mol. The van der Waals surface area contributed by atoms with E-state index in [1.165, 1.54) is 13.8 Å². The van der Waals surface area contributed by atoms with Gasteiger partial charge in [0.25, 0.3) is 0 Å². The molecule has 0 heterocycles. The summed E-state index contributed by atoms with van der Waals surface area (Å²) in [5.41, 5.74) is -8.53. The largest absolute Gasteiger partial charge is 0.446 e. The second-order valence-electron chi connectivity index (χ2n) is 3.48. The van der Waals surface area contributed by atoms with E-state index in [9.17, 15) is 26.3 Å². The summed E-state index contributed by atoms with van der Waals surface area (Å²) in [4.78, 5) is -0.155. The standard InChI is InChI=1S/C10H8F6S2/c1-5-3-7(17-9(11,12)13)4-6(2)8(5)18-10(14,15)16/h3-4H,1-2H3. The van der Waals surface area contributed by atoms with Crippen molar-refractivity contribution in [2.24, 2.45) is 0 Å². The van der Waals surface area contributed by atoms with Crippen LogP contribution in [-0.4, -0.2) is 11.0 Å². The Morgan fingerprint density at radius 1 is 0.778 bits per heavy atom. The topological polar surface area (TPSA) is 0 Å². The Labute approximate surface area is 108 Å². The Bertz CT molecular complexity index is 412. The van der Waals surface area contributed by atoms with Crippen LogP contribution in [0.1, 0.15) is 11.1 Å². The molecule has 1 rings (SSSR count).